The van der Waals surface area contributed by atoms with Gasteiger partial charge in [0, 0.05) is 82.3 Å². The van der Waals surface area contributed by atoms with Gasteiger partial charge in [-0.1, -0.05) is 258 Å². The number of benzene rings is 12. The summed E-state index contributed by atoms with van der Waals surface area (Å²) in [5, 5.41) is 7.66. The third-order valence-electron chi connectivity index (χ3n) is 20.6. The number of hydrogen-bond acceptors (Lipinski definition) is 0. The molecule has 0 atom stereocenters. The van der Waals surface area contributed by atoms with Crippen molar-refractivity contribution in [1.29, 1.82) is 0 Å². The molecule has 4 heteroatoms. The minimum absolute atomic E-state index is 0.0719. The zero-order chi connectivity index (χ0) is 56.8. The Morgan fingerprint density at radius 3 is 0.788 bits per heavy atom. The number of para-hydroxylation sites is 3. The van der Waals surface area contributed by atoms with Crippen LogP contribution in [0.1, 0.15) is 74.9 Å². The monoisotopic (exact) mass is 1090 g/mol. The van der Waals surface area contributed by atoms with E-state index in [2.05, 4.69) is 310 Å². The molecule has 3 nitrogen and oxygen atoms in total. The maximum absolute atomic E-state index is 2.54. The van der Waals surface area contributed by atoms with Gasteiger partial charge in [-0.15, -0.1) is 0 Å². The molecule has 0 N–H and O–H groups in total. The molecule has 3 aliphatic rings. The van der Waals surface area contributed by atoms with Crippen molar-refractivity contribution >= 4 is 88.5 Å². The van der Waals surface area contributed by atoms with E-state index in [1.54, 1.807) is 0 Å². The molecular formula is C81H60BN3. The van der Waals surface area contributed by atoms with E-state index in [4.69, 9.17) is 0 Å². The predicted octanol–water partition coefficient (Wildman–Crippen LogP) is 18.4. The normalized spacial score (nSPS) is 14.8. The highest BCUT2D eigenvalue weighted by Crippen LogP contribution is 2.56. The third kappa shape index (κ3) is 6.41. The summed E-state index contributed by atoms with van der Waals surface area (Å²) in [6, 6.07) is 96.9. The van der Waals surface area contributed by atoms with Gasteiger partial charge in [-0.25, -0.2) is 0 Å². The Bertz CT molecular complexity index is 4840. The van der Waals surface area contributed by atoms with E-state index in [0.29, 0.717) is 0 Å². The van der Waals surface area contributed by atoms with Crippen LogP contribution in [0.2, 0.25) is 0 Å². The van der Waals surface area contributed by atoms with Crippen LogP contribution in [0.5, 0.6) is 0 Å². The standard InChI is InChI=1S/C81H60BN3/c1-79(2)64-25-13-7-22-61(64)73-67(79)46-43-58-55-19-10-16-28-70(55)83(76(58)73)52-37-31-49(32-38-52)82(50-33-39-53(40-34-50)84-71-29-17-11-20-56(71)59-44-47-68-74(77(59)84)62-23-8-14-26-65(62)80(68,3)4)51-35-41-54(42-36-51)85-72-30-18-12-21-57(72)60-45-48-69-75(78(60)85)63-24-9-15-27-66(63)81(69,5)6/h7-48H,1-6H3. The van der Waals surface area contributed by atoms with Crippen molar-refractivity contribution in [1.82, 2.24) is 13.7 Å². The Balaban J connectivity index is 0.825. The van der Waals surface area contributed by atoms with Crippen LogP contribution in [-0.2, 0) is 16.2 Å². The Morgan fingerprint density at radius 2 is 0.494 bits per heavy atom. The SMILES string of the molecule is CC1(C)c2ccccc2-c2c1ccc1c3ccccc3n(-c3ccc(B(c4ccc(-n5c6ccccc6c6ccc7c(c65)-c5ccccc5C7(C)C)cc4)c4ccc(-n5c6ccccc6c6ccc7c(c65)-c5ccccc5C7(C)C)cc4)cc3)c21. The molecule has 0 amide bonds. The molecule has 0 unspecified atom stereocenters. The van der Waals surface area contributed by atoms with Gasteiger partial charge in [0.25, 0.3) is 0 Å². The van der Waals surface area contributed by atoms with Gasteiger partial charge in [0.1, 0.15) is 0 Å². The highest BCUT2D eigenvalue weighted by Gasteiger charge is 2.41. The first kappa shape index (κ1) is 48.6. The van der Waals surface area contributed by atoms with Crippen molar-refractivity contribution in [2.75, 3.05) is 0 Å². The molecule has 0 saturated heterocycles. The molecule has 3 aromatic heterocycles. The zero-order valence-electron chi connectivity index (χ0n) is 48.7. The van der Waals surface area contributed by atoms with E-state index in [-0.39, 0.29) is 23.0 Å². The molecule has 15 aromatic rings. The van der Waals surface area contributed by atoms with Gasteiger partial charge >= 0.3 is 0 Å². The van der Waals surface area contributed by atoms with Gasteiger partial charge in [0.2, 0.25) is 6.71 Å². The van der Waals surface area contributed by atoms with Crippen LogP contribution < -0.4 is 16.4 Å². The van der Waals surface area contributed by atoms with Gasteiger partial charge in [-0.05, 0) is 105 Å². The van der Waals surface area contributed by atoms with Gasteiger partial charge in [-0.3, -0.25) is 0 Å². The van der Waals surface area contributed by atoms with E-state index >= 15 is 0 Å². The average Bonchev–Trinajstić information content (AvgIpc) is 1.80. The number of hydrogen-bond donors (Lipinski definition) is 0. The molecular weight excluding hydrogens is 1030 g/mol. The van der Waals surface area contributed by atoms with E-state index < -0.39 is 0 Å². The van der Waals surface area contributed by atoms with Gasteiger partial charge in [0.15, 0.2) is 0 Å². The smallest absolute Gasteiger partial charge is 0.241 e. The highest BCUT2D eigenvalue weighted by atomic mass is 15.0. The molecule has 12 aromatic carbocycles. The second-order valence-corrected chi connectivity index (χ2v) is 25.9. The summed E-state index contributed by atoms with van der Waals surface area (Å²) in [4.78, 5) is 0. The van der Waals surface area contributed by atoms with Crippen molar-refractivity contribution in [2.24, 2.45) is 0 Å². The highest BCUT2D eigenvalue weighted by molar-refractivity contribution is 6.95. The molecule has 0 radical (unpaired) electrons. The van der Waals surface area contributed by atoms with Crippen molar-refractivity contribution in [2.45, 2.75) is 57.8 Å². The maximum atomic E-state index is 2.54. The van der Waals surface area contributed by atoms with Gasteiger partial charge in [-0.2, -0.15) is 0 Å². The molecule has 3 aliphatic carbocycles. The Labute approximate surface area is 495 Å². The quantitative estimate of drug-likeness (QED) is 0.147. The van der Waals surface area contributed by atoms with Gasteiger partial charge < -0.3 is 13.7 Å². The summed E-state index contributed by atoms with van der Waals surface area (Å²) in [6.45, 7) is 14.2. The fraction of sp³-hybridized carbons (Fsp3) is 0.111. The number of aromatic nitrogens is 3. The van der Waals surface area contributed by atoms with Crippen molar-refractivity contribution < 1.29 is 0 Å². The lowest BCUT2D eigenvalue weighted by molar-refractivity contribution is 0.660. The lowest BCUT2D eigenvalue weighted by Gasteiger charge is -2.21. The molecule has 18 rings (SSSR count). The lowest BCUT2D eigenvalue weighted by Crippen LogP contribution is -2.52. The number of nitrogens with zero attached hydrogens (tertiary/aromatic N) is 3. The van der Waals surface area contributed by atoms with Gasteiger partial charge in [0.05, 0.1) is 33.1 Å². The predicted molar refractivity (Wildman–Crippen MR) is 360 cm³/mol. The van der Waals surface area contributed by atoms with Crippen LogP contribution in [0.25, 0.3) is 116 Å². The van der Waals surface area contributed by atoms with Crippen LogP contribution in [0.4, 0.5) is 0 Å². The second-order valence-electron chi connectivity index (χ2n) is 25.9. The minimum Gasteiger partial charge on any atom is -0.309 e. The molecule has 0 bridgehead atoms. The van der Waals surface area contributed by atoms with Crippen LogP contribution in [0, 0.1) is 0 Å². The largest absolute Gasteiger partial charge is 0.309 e. The first-order valence-electron chi connectivity index (χ1n) is 30.3. The first-order valence-corrected chi connectivity index (χ1v) is 30.3. The topological polar surface area (TPSA) is 14.8 Å². The Kier molecular flexibility index (Phi) is 9.79. The summed E-state index contributed by atoms with van der Waals surface area (Å²) >= 11 is 0. The molecule has 0 saturated carbocycles. The van der Waals surface area contributed by atoms with Crippen LogP contribution >= 0.6 is 0 Å². The fourth-order valence-electron chi connectivity index (χ4n) is 16.6. The number of fused-ring (bicyclic) bond motifs is 21. The Morgan fingerprint density at radius 1 is 0.235 bits per heavy atom. The summed E-state index contributed by atoms with van der Waals surface area (Å²) in [5.41, 5.74) is 30.7. The first-order chi connectivity index (χ1) is 41.5. The second kappa shape index (κ2) is 17.1. The Hall–Kier alpha value is -9.90. The van der Waals surface area contributed by atoms with Crippen molar-refractivity contribution in [3.63, 3.8) is 0 Å². The molecule has 0 aliphatic heterocycles. The molecule has 0 fully saturated rings. The van der Waals surface area contributed by atoms with Crippen LogP contribution in [0.3, 0.4) is 0 Å². The summed E-state index contributed by atoms with van der Waals surface area (Å²) in [5.74, 6) is 0. The molecule has 85 heavy (non-hydrogen) atoms. The van der Waals surface area contributed by atoms with Crippen molar-refractivity contribution in [3.05, 3.63) is 288 Å². The summed E-state index contributed by atoms with van der Waals surface area (Å²) in [7, 11) is 0. The van der Waals surface area contributed by atoms with Crippen LogP contribution in [0.15, 0.2) is 255 Å². The average molecular weight is 1090 g/mol. The number of rotatable bonds is 6. The zero-order valence-corrected chi connectivity index (χ0v) is 48.7. The van der Waals surface area contributed by atoms with Crippen LogP contribution in [-0.4, -0.2) is 20.4 Å². The molecule has 3 heterocycles. The lowest BCUT2D eigenvalue weighted by atomic mass is 9.37. The van der Waals surface area contributed by atoms with Crippen molar-refractivity contribution in [3.8, 4) is 50.4 Å². The molecule has 0 spiro atoms. The summed E-state index contributed by atoms with van der Waals surface area (Å²) < 4.78 is 7.61. The maximum Gasteiger partial charge on any atom is 0.241 e. The molecule has 402 valence electrons. The minimum atomic E-state index is -0.114. The van der Waals surface area contributed by atoms with E-state index in [1.165, 1.54) is 149 Å². The van der Waals surface area contributed by atoms with E-state index in [0.717, 1.165) is 17.1 Å². The summed E-state index contributed by atoms with van der Waals surface area (Å²) in [6.07, 6.45) is 0. The van der Waals surface area contributed by atoms with E-state index in [1.807, 2.05) is 0 Å². The third-order valence-corrected chi connectivity index (χ3v) is 20.6. The fourth-order valence-corrected chi connectivity index (χ4v) is 16.6. The van der Waals surface area contributed by atoms with E-state index in [9.17, 15) is 0 Å².